The van der Waals surface area contributed by atoms with Gasteiger partial charge >= 0.3 is 5.97 Å². The Morgan fingerprint density at radius 2 is 2.20 bits per heavy atom. The summed E-state index contributed by atoms with van der Waals surface area (Å²) in [6.07, 6.45) is 1.92. The normalized spacial score (nSPS) is 10.1. The van der Waals surface area contributed by atoms with Crippen molar-refractivity contribution in [3.8, 4) is 0 Å². The average molecular weight is 227 g/mol. The van der Waals surface area contributed by atoms with Gasteiger partial charge in [-0.05, 0) is 37.1 Å². The highest BCUT2D eigenvalue weighted by Gasteiger charge is 2.09. The van der Waals surface area contributed by atoms with Crippen LogP contribution in [0.25, 0.3) is 0 Å². The molecule has 1 aromatic carbocycles. The molecule has 0 spiro atoms. The van der Waals surface area contributed by atoms with Gasteiger partial charge in [-0.25, -0.2) is 4.79 Å². The van der Waals surface area contributed by atoms with Gasteiger partial charge in [0.1, 0.15) is 0 Å². The molecule has 0 fully saturated rings. The Morgan fingerprint density at radius 3 is 2.80 bits per heavy atom. The van der Waals surface area contributed by atoms with E-state index < -0.39 is 0 Å². The van der Waals surface area contributed by atoms with E-state index in [1.54, 1.807) is 18.2 Å². The van der Waals surface area contributed by atoms with E-state index in [0.717, 1.165) is 18.4 Å². The third-order valence-corrected chi connectivity index (χ3v) is 2.37. The molecule has 0 aromatic heterocycles. The van der Waals surface area contributed by atoms with Crippen LogP contribution >= 0.6 is 11.6 Å². The molecule has 0 amide bonds. The zero-order valence-corrected chi connectivity index (χ0v) is 9.80. The number of aryl methyl sites for hydroxylation is 1. The first-order valence-corrected chi connectivity index (χ1v) is 5.46. The third-order valence-electron chi connectivity index (χ3n) is 2.14. The minimum absolute atomic E-state index is 0.266. The van der Waals surface area contributed by atoms with Crippen molar-refractivity contribution in [1.82, 2.24) is 0 Å². The molecule has 0 radical (unpaired) electrons. The summed E-state index contributed by atoms with van der Waals surface area (Å²) in [5, 5.41) is 0.637. The topological polar surface area (TPSA) is 26.3 Å². The fourth-order valence-electron chi connectivity index (χ4n) is 1.24. The first-order chi connectivity index (χ1) is 7.15. The van der Waals surface area contributed by atoms with Gasteiger partial charge < -0.3 is 4.74 Å². The minimum Gasteiger partial charge on any atom is -0.462 e. The van der Waals surface area contributed by atoms with Crippen molar-refractivity contribution >= 4 is 17.6 Å². The Balaban J connectivity index is 2.65. The van der Waals surface area contributed by atoms with Gasteiger partial charge in [-0.1, -0.05) is 24.9 Å². The quantitative estimate of drug-likeness (QED) is 0.579. The zero-order chi connectivity index (χ0) is 11.3. The molecule has 15 heavy (non-hydrogen) atoms. The standard InChI is InChI=1S/C12H15ClO2/c1-3-4-7-15-12(14)11-6-5-10(13)8-9(11)2/h5-6,8H,3-4,7H2,1-2H3. The number of carbonyl (C=O) groups excluding carboxylic acids is 1. The van der Waals surface area contributed by atoms with Gasteiger partial charge in [0.05, 0.1) is 12.2 Å². The van der Waals surface area contributed by atoms with Gasteiger partial charge in [0.25, 0.3) is 0 Å². The third kappa shape index (κ3) is 3.56. The van der Waals surface area contributed by atoms with Gasteiger partial charge in [0, 0.05) is 5.02 Å². The average Bonchev–Trinajstić information content (AvgIpc) is 2.17. The van der Waals surface area contributed by atoms with Crippen LogP contribution in [0, 0.1) is 6.92 Å². The number of esters is 1. The van der Waals surface area contributed by atoms with Crippen LogP contribution in [0.1, 0.15) is 35.7 Å². The van der Waals surface area contributed by atoms with E-state index in [2.05, 4.69) is 6.92 Å². The molecule has 0 saturated heterocycles. The van der Waals surface area contributed by atoms with E-state index in [4.69, 9.17) is 16.3 Å². The van der Waals surface area contributed by atoms with Crippen LogP contribution in [0.4, 0.5) is 0 Å². The molecule has 0 aliphatic rings. The molecule has 2 nitrogen and oxygen atoms in total. The monoisotopic (exact) mass is 226 g/mol. The highest BCUT2D eigenvalue weighted by molar-refractivity contribution is 6.30. The molecule has 0 unspecified atom stereocenters. The molecule has 3 heteroatoms. The van der Waals surface area contributed by atoms with Crippen LogP contribution in [0.5, 0.6) is 0 Å². The van der Waals surface area contributed by atoms with Crippen LogP contribution in [0.3, 0.4) is 0 Å². The molecule has 82 valence electrons. The number of hydrogen-bond donors (Lipinski definition) is 0. The fourth-order valence-corrected chi connectivity index (χ4v) is 1.47. The summed E-state index contributed by atoms with van der Waals surface area (Å²) in [6, 6.07) is 5.16. The lowest BCUT2D eigenvalue weighted by molar-refractivity contribution is 0.0499. The largest absolute Gasteiger partial charge is 0.462 e. The first-order valence-electron chi connectivity index (χ1n) is 5.08. The lowest BCUT2D eigenvalue weighted by Crippen LogP contribution is -2.07. The van der Waals surface area contributed by atoms with Crippen molar-refractivity contribution in [2.24, 2.45) is 0 Å². The van der Waals surface area contributed by atoms with E-state index in [1.807, 2.05) is 6.92 Å². The molecule has 0 bridgehead atoms. The van der Waals surface area contributed by atoms with Gasteiger partial charge in [-0.2, -0.15) is 0 Å². The number of rotatable bonds is 4. The lowest BCUT2D eigenvalue weighted by atomic mass is 10.1. The summed E-state index contributed by atoms with van der Waals surface area (Å²) in [7, 11) is 0. The molecule has 0 aliphatic carbocycles. The summed E-state index contributed by atoms with van der Waals surface area (Å²) in [4.78, 5) is 11.6. The summed E-state index contributed by atoms with van der Waals surface area (Å²) >= 11 is 5.80. The van der Waals surface area contributed by atoms with Crippen molar-refractivity contribution in [3.63, 3.8) is 0 Å². The Morgan fingerprint density at radius 1 is 1.47 bits per heavy atom. The summed E-state index contributed by atoms with van der Waals surface area (Å²) in [5.41, 5.74) is 1.44. The van der Waals surface area contributed by atoms with Crippen molar-refractivity contribution < 1.29 is 9.53 Å². The van der Waals surface area contributed by atoms with Gasteiger partial charge in [-0.15, -0.1) is 0 Å². The maximum Gasteiger partial charge on any atom is 0.338 e. The van der Waals surface area contributed by atoms with Crippen LogP contribution < -0.4 is 0 Å². The number of benzene rings is 1. The van der Waals surface area contributed by atoms with Crippen LogP contribution in [0.15, 0.2) is 18.2 Å². The van der Waals surface area contributed by atoms with Crippen LogP contribution in [0.2, 0.25) is 5.02 Å². The van der Waals surface area contributed by atoms with E-state index in [1.165, 1.54) is 0 Å². The minimum atomic E-state index is -0.266. The second kappa shape index (κ2) is 5.76. The molecular formula is C12H15ClO2. The molecule has 0 aliphatic heterocycles. The number of unbranched alkanes of at least 4 members (excludes halogenated alkanes) is 1. The van der Waals surface area contributed by atoms with E-state index in [0.29, 0.717) is 17.2 Å². The first kappa shape index (κ1) is 12.1. The molecule has 0 N–H and O–H groups in total. The summed E-state index contributed by atoms with van der Waals surface area (Å²) in [5.74, 6) is -0.266. The van der Waals surface area contributed by atoms with Crippen molar-refractivity contribution in [2.45, 2.75) is 26.7 Å². The molecule has 0 saturated carbocycles. The van der Waals surface area contributed by atoms with Gasteiger partial charge in [0.15, 0.2) is 0 Å². The van der Waals surface area contributed by atoms with Crippen molar-refractivity contribution in [1.29, 1.82) is 0 Å². The SMILES string of the molecule is CCCCOC(=O)c1ccc(Cl)cc1C. The van der Waals surface area contributed by atoms with Crippen molar-refractivity contribution in [3.05, 3.63) is 34.3 Å². The fraction of sp³-hybridized carbons (Fsp3) is 0.417. The highest BCUT2D eigenvalue weighted by Crippen LogP contribution is 2.16. The lowest BCUT2D eigenvalue weighted by Gasteiger charge is -2.06. The van der Waals surface area contributed by atoms with Gasteiger partial charge in [0.2, 0.25) is 0 Å². The molecule has 1 rings (SSSR count). The summed E-state index contributed by atoms with van der Waals surface area (Å²) < 4.78 is 5.11. The Bertz CT molecular complexity index is 347. The second-order valence-corrected chi connectivity index (χ2v) is 3.89. The van der Waals surface area contributed by atoms with E-state index in [9.17, 15) is 4.79 Å². The zero-order valence-electron chi connectivity index (χ0n) is 9.05. The van der Waals surface area contributed by atoms with Crippen molar-refractivity contribution in [2.75, 3.05) is 6.61 Å². The van der Waals surface area contributed by atoms with E-state index in [-0.39, 0.29) is 5.97 Å². The maximum absolute atomic E-state index is 11.6. The van der Waals surface area contributed by atoms with Gasteiger partial charge in [-0.3, -0.25) is 0 Å². The Kier molecular flexibility index (Phi) is 4.63. The molecular weight excluding hydrogens is 212 g/mol. The summed E-state index contributed by atoms with van der Waals surface area (Å²) in [6.45, 7) is 4.39. The maximum atomic E-state index is 11.6. The highest BCUT2D eigenvalue weighted by atomic mass is 35.5. The Hall–Kier alpha value is -1.02. The molecule has 1 aromatic rings. The predicted molar refractivity (Wildman–Crippen MR) is 61.4 cm³/mol. The number of hydrogen-bond acceptors (Lipinski definition) is 2. The predicted octanol–water partition coefficient (Wildman–Crippen LogP) is 3.61. The number of ether oxygens (including phenoxy) is 1. The van der Waals surface area contributed by atoms with Crippen LogP contribution in [-0.2, 0) is 4.74 Å². The number of carbonyl (C=O) groups is 1. The van der Waals surface area contributed by atoms with E-state index >= 15 is 0 Å². The van der Waals surface area contributed by atoms with Crippen LogP contribution in [-0.4, -0.2) is 12.6 Å². The molecule has 0 heterocycles. The smallest absolute Gasteiger partial charge is 0.338 e. The molecule has 0 atom stereocenters. The number of halogens is 1. The second-order valence-electron chi connectivity index (χ2n) is 3.45. The Labute approximate surface area is 95.2 Å².